The molecular weight excluding hydrogens is 262 g/mol. The van der Waals surface area contributed by atoms with Crippen LogP contribution in [-0.4, -0.2) is 31.9 Å². The number of hydrogen-bond donors (Lipinski definition) is 1. The van der Waals surface area contributed by atoms with Gasteiger partial charge in [0.1, 0.15) is 5.75 Å². The zero-order valence-corrected chi connectivity index (χ0v) is 12.2. The number of rotatable bonds is 7. The van der Waals surface area contributed by atoms with Crippen molar-refractivity contribution < 1.29 is 13.2 Å². The second-order valence-corrected chi connectivity index (χ2v) is 7.09. The number of hydrogen-bond acceptors (Lipinski definition) is 3. The molecule has 0 aromatic heterocycles. The lowest BCUT2D eigenvalue weighted by Gasteiger charge is -2.08. The van der Waals surface area contributed by atoms with Gasteiger partial charge in [-0.25, -0.2) is 8.42 Å². The number of nitrogens with one attached hydrogen (secondary N) is 1. The predicted molar refractivity (Wildman–Crippen MR) is 76.7 cm³/mol. The molecule has 0 heterocycles. The highest BCUT2D eigenvalue weighted by atomic mass is 32.2. The van der Waals surface area contributed by atoms with E-state index >= 15 is 0 Å². The standard InChI is InChI=1S/C14H21NO3S/c1-12(2)15-14(16)11-19(17,18)10-6-9-13-7-4-3-5-8-13/h3-5,7-8,12H,6,9-11H2,1-2H3,(H,15,16). The third-order valence-electron chi connectivity index (χ3n) is 2.56. The van der Waals surface area contributed by atoms with Crippen LogP contribution in [0.2, 0.25) is 0 Å². The van der Waals surface area contributed by atoms with Gasteiger partial charge >= 0.3 is 0 Å². The monoisotopic (exact) mass is 283 g/mol. The lowest BCUT2D eigenvalue weighted by molar-refractivity contribution is -0.119. The summed E-state index contributed by atoms with van der Waals surface area (Å²) in [6.07, 6.45) is 1.26. The van der Waals surface area contributed by atoms with Crippen molar-refractivity contribution in [3.63, 3.8) is 0 Å². The van der Waals surface area contributed by atoms with E-state index in [1.54, 1.807) is 13.8 Å². The molecule has 0 atom stereocenters. The minimum Gasteiger partial charge on any atom is -0.353 e. The molecule has 0 spiro atoms. The molecule has 0 radical (unpaired) electrons. The Bertz CT molecular complexity index is 495. The van der Waals surface area contributed by atoms with E-state index in [9.17, 15) is 13.2 Å². The molecule has 4 nitrogen and oxygen atoms in total. The second kappa shape index (κ2) is 7.28. The third-order valence-corrected chi connectivity index (χ3v) is 4.18. The van der Waals surface area contributed by atoms with E-state index in [4.69, 9.17) is 0 Å². The fourth-order valence-corrected chi connectivity index (χ4v) is 2.99. The molecule has 1 N–H and O–H groups in total. The van der Waals surface area contributed by atoms with Gasteiger partial charge in [0.2, 0.25) is 5.91 Å². The molecule has 0 fully saturated rings. The number of benzene rings is 1. The van der Waals surface area contributed by atoms with Gasteiger partial charge in [-0.15, -0.1) is 0 Å². The number of amides is 1. The molecule has 0 aliphatic carbocycles. The van der Waals surface area contributed by atoms with E-state index < -0.39 is 21.5 Å². The van der Waals surface area contributed by atoms with E-state index in [1.165, 1.54) is 0 Å². The fraction of sp³-hybridized carbons (Fsp3) is 0.500. The van der Waals surface area contributed by atoms with Crippen molar-refractivity contribution >= 4 is 15.7 Å². The van der Waals surface area contributed by atoms with Crippen LogP contribution in [0.3, 0.4) is 0 Å². The van der Waals surface area contributed by atoms with Crippen molar-refractivity contribution in [2.24, 2.45) is 0 Å². The normalized spacial score (nSPS) is 11.5. The molecular formula is C14H21NO3S. The smallest absolute Gasteiger partial charge is 0.235 e. The first-order valence-corrected chi connectivity index (χ1v) is 8.25. The number of sulfone groups is 1. The first-order chi connectivity index (χ1) is 8.89. The Morgan fingerprint density at radius 1 is 1.21 bits per heavy atom. The predicted octanol–water partition coefficient (Wildman–Crippen LogP) is 1.56. The maximum Gasteiger partial charge on any atom is 0.235 e. The van der Waals surface area contributed by atoms with Crippen LogP contribution in [0, 0.1) is 0 Å². The first kappa shape index (κ1) is 15.7. The molecule has 5 heteroatoms. The molecule has 0 aliphatic rings. The minimum absolute atomic E-state index is 0.0352. The molecule has 0 saturated carbocycles. The van der Waals surface area contributed by atoms with Gasteiger partial charge in [-0.1, -0.05) is 30.3 Å². The summed E-state index contributed by atoms with van der Waals surface area (Å²) in [7, 11) is -3.31. The number of aryl methyl sites for hydroxylation is 1. The Labute approximate surface area is 115 Å². The van der Waals surface area contributed by atoms with Crippen LogP contribution >= 0.6 is 0 Å². The molecule has 0 unspecified atom stereocenters. The van der Waals surface area contributed by atoms with Gasteiger partial charge in [0, 0.05) is 6.04 Å². The second-order valence-electron chi connectivity index (χ2n) is 4.90. The average Bonchev–Trinajstić information content (AvgIpc) is 2.27. The average molecular weight is 283 g/mol. The van der Waals surface area contributed by atoms with Crippen LogP contribution in [0.15, 0.2) is 30.3 Å². The van der Waals surface area contributed by atoms with Gasteiger partial charge < -0.3 is 5.32 Å². The van der Waals surface area contributed by atoms with Crippen LogP contribution in [0.5, 0.6) is 0 Å². The molecule has 0 aliphatic heterocycles. The van der Waals surface area contributed by atoms with Crippen molar-refractivity contribution in [1.29, 1.82) is 0 Å². The van der Waals surface area contributed by atoms with Gasteiger partial charge in [-0.2, -0.15) is 0 Å². The minimum atomic E-state index is -3.31. The maximum absolute atomic E-state index is 11.8. The molecule has 1 aromatic rings. The van der Waals surface area contributed by atoms with Gasteiger partial charge in [0.15, 0.2) is 9.84 Å². The Hall–Kier alpha value is -1.36. The molecule has 1 aromatic carbocycles. The zero-order valence-electron chi connectivity index (χ0n) is 11.4. The van der Waals surface area contributed by atoms with E-state index in [0.29, 0.717) is 12.8 Å². The van der Waals surface area contributed by atoms with Crippen LogP contribution in [0.25, 0.3) is 0 Å². The number of carbonyl (C=O) groups is 1. The molecule has 1 rings (SSSR count). The fourth-order valence-electron chi connectivity index (χ4n) is 1.78. The van der Waals surface area contributed by atoms with Crippen molar-refractivity contribution in [2.75, 3.05) is 11.5 Å². The van der Waals surface area contributed by atoms with Crippen LogP contribution < -0.4 is 5.32 Å². The lowest BCUT2D eigenvalue weighted by atomic mass is 10.1. The quantitative estimate of drug-likeness (QED) is 0.826. The summed E-state index contributed by atoms with van der Waals surface area (Å²) >= 11 is 0. The lowest BCUT2D eigenvalue weighted by Crippen LogP contribution is -2.35. The van der Waals surface area contributed by atoms with E-state index in [0.717, 1.165) is 5.56 Å². The van der Waals surface area contributed by atoms with Gasteiger partial charge in [-0.05, 0) is 32.3 Å². The van der Waals surface area contributed by atoms with Gasteiger partial charge in [0.25, 0.3) is 0 Å². The highest BCUT2D eigenvalue weighted by Gasteiger charge is 2.16. The summed E-state index contributed by atoms with van der Waals surface area (Å²) < 4.78 is 23.5. The largest absolute Gasteiger partial charge is 0.353 e. The summed E-state index contributed by atoms with van der Waals surface area (Å²) in [5, 5.41) is 2.59. The first-order valence-electron chi connectivity index (χ1n) is 6.43. The molecule has 106 valence electrons. The van der Waals surface area contributed by atoms with Crippen LogP contribution in [-0.2, 0) is 21.1 Å². The summed E-state index contributed by atoms with van der Waals surface area (Å²) in [4.78, 5) is 11.4. The summed E-state index contributed by atoms with van der Waals surface area (Å²) in [6.45, 7) is 3.61. The van der Waals surface area contributed by atoms with Crippen LogP contribution in [0.4, 0.5) is 0 Å². The van der Waals surface area contributed by atoms with Crippen molar-refractivity contribution in [3.8, 4) is 0 Å². The molecule has 1 amide bonds. The summed E-state index contributed by atoms with van der Waals surface area (Å²) in [5.41, 5.74) is 1.12. The van der Waals surface area contributed by atoms with Gasteiger partial charge in [-0.3, -0.25) is 4.79 Å². The molecule has 0 saturated heterocycles. The van der Waals surface area contributed by atoms with E-state index in [2.05, 4.69) is 5.32 Å². The molecule has 19 heavy (non-hydrogen) atoms. The third kappa shape index (κ3) is 6.96. The Morgan fingerprint density at radius 2 is 1.84 bits per heavy atom. The summed E-state index contributed by atoms with van der Waals surface area (Å²) in [5.74, 6) is -0.789. The van der Waals surface area contributed by atoms with Crippen molar-refractivity contribution in [1.82, 2.24) is 5.32 Å². The number of carbonyl (C=O) groups excluding carboxylic acids is 1. The van der Waals surface area contributed by atoms with Crippen molar-refractivity contribution in [2.45, 2.75) is 32.7 Å². The topological polar surface area (TPSA) is 63.2 Å². The van der Waals surface area contributed by atoms with E-state index in [1.807, 2.05) is 30.3 Å². The zero-order chi connectivity index (χ0) is 14.3. The van der Waals surface area contributed by atoms with E-state index in [-0.39, 0.29) is 11.8 Å². The highest BCUT2D eigenvalue weighted by molar-refractivity contribution is 7.92. The van der Waals surface area contributed by atoms with Crippen molar-refractivity contribution in [3.05, 3.63) is 35.9 Å². The van der Waals surface area contributed by atoms with Crippen LogP contribution in [0.1, 0.15) is 25.8 Å². The summed E-state index contributed by atoms with van der Waals surface area (Å²) in [6, 6.07) is 9.69. The Kier molecular flexibility index (Phi) is 6.02. The highest BCUT2D eigenvalue weighted by Crippen LogP contribution is 2.04. The Morgan fingerprint density at radius 3 is 2.42 bits per heavy atom. The van der Waals surface area contributed by atoms with Gasteiger partial charge in [0.05, 0.1) is 5.75 Å². The SMILES string of the molecule is CC(C)NC(=O)CS(=O)(=O)CCCc1ccccc1. The Balaban J connectivity index is 2.37. The maximum atomic E-state index is 11.8. The molecule has 0 bridgehead atoms.